The molecule has 1 heterocycles. The lowest BCUT2D eigenvalue weighted by Gasteiger charge is -2.26. The summed E-state index contributed by atoms with van der Waals surface area (Å²) in [6.07, 6.45) is 1.01. The van der Waals surface area contributed by atoms with Crippen LogP contribution in [-0.4, -0.2) is 44.8 Å². The first kappa shape index (κ1) is 16.8. The Labute approximate surface area is 144 Å². The molecule has 1 atom stereocenters. The normalized spacial score (nSPS) is 16.5. The Morgan fingerprint density at radius 2 is 2.04 bits per heavy atom. The molecule has 4 nitrogen and oxygen atoms in total. The van der Waals surface area contributed by atoms with E-state index in [1.807, 2.05) is 32.3 Å². The van der Waals surface area contributed by atoms with Gasteiger partial charge in [0.05, 0.1) is 0 Å². The number of hydrogen-bond donors (Lipinski definition) is 1. The van der Waals surface area contributed by atoms with Gasteiger partial charge in [0.25, 0.3) is 0 Å². The number of benzene rings is 2. The summed E-state index contributed by atoms with van der Waals surface area (Å²) in [6, 6.07) is 16.9. The molecule has 0 aromatic heterocycles. The van der Waals surface area contributed by atoms with Crippen LogP contribution < -0.4 is 14.8 Å². The van der Waals surface area contributed by atoms with Gasteiger partial charge in [-0.1, -0.05) is 30.3 Å². The SMILES string of the molecule is CN(C)CCOc1cccc(CNC2COc3ccccc3C2)c1. The molecule has 0 spiro atoms. The number of nitrogens with one attached hydrogen (secondary N) is 1. The Bertz CT molecular complexity index is 658. The minimum absolute atomic E-state index is 0.346. The molecule has 1 N–H and O–H groups in total. The third-order valence-corrected chi connectivity index (χ3v) is 4.18. The first-order valence-electron chi connectivity index (χ1n) is 8.51. The van der Waals surface area contributed by atoms with E-state index in [9.17, 15) is 0 Å². The molecule has 0 radical (unpaired) electrons. The van der Waals surface area contributed by atoms with Gasteiger partial charge in [-0.05, 0) is 49.8 Å². The molecule has 0 fully saturated rings. The van der Waals surface area contributed by atoms with E-state index in [2.05, 4.69) is 40.5 Å². The number of fused-ring (bicyclic) bond motifs is 1. The van der Waals surface area contributed by atoms with E-state index >= 15 is 0 Å². The Kier molecular flexibility index (Phi) is 5.72. The molecule has 1 unspecified atom stereocenters. The second kappa shape index (κ2) is 8.18. The van der Waals surface area contributed by atoms with Crippen LogP contribution in [0.5, 0.6) is 11.5 Å². The van der Waals surface area contributed by atoms with Gasteiger partial charge < -0.3 is 19.7 Å². The fourth-order valence-corrected chi connectivity index (χ4v) is 2.81. The summed E-state index contributed by atoms with van der Waals surface area (Å²) in [4.78, 5) is 2.12. The van der Waals surface area contributed by atoms with Crippen molar-refractivity contribution in [3.05, 3.63) is 59.7 Å². The molecule has 0 amide bonds. The molecule has 0 saturated carbocycles. The van der Waals surface area contributed by atoms with Crippen LogP contribution in [0.25, 0.3) is 0 Å². The highest BCUT2D eigenvalue weighted by Gasteiger charge is 2.18. The number of nitrogens with zero attached hydrogens (tertiary/aromatic N) is 1. The zero-order valence-corrected chi connectivity index (χ0v) is 14.5. The highest BCUT2D eigenvalue weighted by atomic mass is 16.5. The van der Waals surface area contributed by atoms with Gasteiger partial charge in [-0.15, -0.1) is 0 Å². The smallest absolute Gasteiger partial charge is 0.122 e. The van der Waals surface area contributed by atoms with Crippen LogP contribution in [0, 0.1) is 0 Å². The van der Waals surface area contributed by atoms with Crippen LogP contribution in [-0.2, 0) is 13.0 Å². The van der Waals surface area contributed by atoms with Gasteiger partial charge in [0.1, 0.15) is 24.7 Å². The van der Waals surface area contributed by atoms with Crippen LogP contribution in [0.3, 0.4) is 0 Å². The van der Waals surface area contributed by atoms with Crippen molar-refractivity contribution in [2.45, 2.75) is 19.0 Å². The van der Waals surface area contributed by atoms with Gasteiger partial charge in [-0.3, -0.25) is 0 Å². The maximum absolute atomic E-state index is 5.83. The summed E-state index contributed by atoms with van der Waals surface area (Å²) in [6.45, 7) is 3.16. The van der Waals surface area contributed by atoms with Crippen LogP contribution >= 0.6 is 0 Å². The summed E-state index contributed by atoms with van der Waals surface area (Å²) in [5.74, 6) is 1.95. The predicted octanol–water partition coefficient (Wildman–Crippen LogP) is 2.72. The Balaban J connectivity index is 1.50. The summed E-state index contributed by atoms with van der Waals surface area (Å²) >= 11 is 0. The Morgan fingerprint density at radius 3 is 2.92 bits per heavy atom. The third-order valence-electron chi connectivity index (χ3n) is 4.18. The van der Waals surface area contributed by atoms with Gasteiger partial charge in [0, 0.05) is 19.1 Å². The zero-order chi connectivity index (χ0) is 16.8. The molecule has 0 aliphatic carbocycles. The molecule has 2 aromatic carbocycles. The largest absolute Gasteiger partial charge is 0.492 e. The van der Waals surface area contributed by atoms with E-state index in [0.29, 0.717) is 12.6 Å². The fraction of sp³-hybridized carbons (Fsp3) is 0.400. The molecular weight excluding hydrogens is 300 g/mol. The molecule has 128 valence electrons. The van der Waals surface area contributed by atoms with Gasteiger partial charge in [0.2, 0.25) is 0 Å². The zero-order valence-electron chi connectivity index (χ0n) is 14.5. The summed E-state index contributed by atoms with van der Waals surface area (Å²) in [5.41, 5.74) is 2.51. The van der Waals surface area contributed by atoms with Crippen LogP contribution in [0.15, 0.2) is 48.5 Å². The number of para-hydroxylation sites is 1. The van der Waals surface area contributed by atoms with E-state index in [4.69, 9.17) is 9.47 Å². The van der Waals surface area contributed by atoms with Crippen LogP contribution in [0.2, 0.25) is 0 Å². The third kappa shape index (κ3) is 4.73. The number of hydrogen-bond acceptors (Lipinski definition) is 4. The topological polar surface area (TPSA) is 33.7 Å². The van der Waals surface area contributed by atoms with Gasteiger partial charge in [0.15, 0.2) is 0 Å². The maximum atomic E-state index is 5.83. The first-order chi connectivity index (χ1) is 11.7. The second-order valence-electron chi connectivity index (χ2n) is 6.50. The number of rotatable bonds is 7. The summed E-state index contributed by atoms with van der Waals surface area (Å²) in [5, 5.41) is 3.59. The van der Waals surface area contributed by atoms with Gasteiger partial charge in [-0.2, -0.15) is 0 Å². The molecule has 0 bridgehead atoms. The van der Waals surface area contributed by atoms with E-state index in [-0.39, 0.29) is 0 Å². The molecule has 2 aromatic rings. The molecule has 1 aliphatic heterocycles. The van der Waals surface area contributed by atoms with E-state index in [1.165, 1.54) is 11.1 Å². The van der Waals surface area contributed by atoms with Crippen LogP contribution in [0.1, 0.15) is 11.1 Å². The average molecular weight is 326 g/mol. The van der Waals surface area contributed by atoms with Gasteiger partial charge >= 0.3 is 0 Å². The van der Waals surface area contributed by atoms with Crippen molar-refractivity contribution in [3.63, 3.8) is 0 Å². The standard InChI is InChI=1S/C20H26N2O2/c1-22(2)10-11-23-19-8-5-6-16(12-19)14-21-18-13-17-7-3-4-9-20(17)24-15-18/h3-9,12,18,21H,10-11,13-15H2,1-2H3. The minimum atomic E-state index is 0.346. The van der Waals surface area contributed by atoms with E-state index < -0.39 is 0 Å². The van der Waals surface area contributed by atoms with Crippen molar-refractivity contribution in [3.8, 4) is 11.5 Å². The van der Waals surface area contributed by atoms with Crippen molar-refractivity contribution in [2.75, 3.05) is 33.9 Å². The van der Waals surface area contributed by atoms with E-state index in [0.717, 1.165) is 37.6 Å². The molecule has 1 aliphatic rings. The Hall–Kier alpha value is -2.04. The highest BCUT2D eigenvalue weighted by Crippen LogP contribution is 2.24. The van der Waals surface area contributed by atoms with Gasteiger partial charge in [-0.25, -0.2) is 0 Å². The molecular formula is C20H26N2O2. The summed E-state index contributed by atoms with van der Waals surface area (Å²) in [7, 11) is 4.10. The lowest BCUT2D eigenvalue weighted by molar-refractivity contribution is 0.238. The highest BCUT2D eigenvalue weighted by molar-refractivity contribution is 5.35. The molecule has 0 saturated heterocycles. The fourth-order valence-electron chi connectivity index (χ4n) is 2.81. The lowest BCUT2D eigenvalue weighted by Crippen LogP contribution is -2.38. The predicted molar refractivity (Wildman–Crippen MR) is 96.8 cm³/mol. The Morgan fingerprint density at radius 1 is 1.17 bits per heavy atom. The second-order valence-corrected chi connectivity index (χ2v) is 6.50. The number of ether oxygens (including phenoxy) is 2. The van der Waals surface area contributed by atoms with Crippen molar-refractivity contribution in [1.29, 1.82) is 0 Å². The summed E-state index contributed by atoms with van der Waals surface area (Å²) < 4.78 is 11.6. The quantitative estimate of drug-likeness (QED) is 0.848. The lowest BCUT2D eigenvalue weighted by atomic mass is 10.0. The average Bonchev–Trinajstić information content (AvgIpc) is 2.60. The van der Waals surface area contributed by atoms with Crippen molar-refractivity contribution >= 4 is 0 Å². The van der Waals surface area contributed by atoms with E-state index in [1.54, 1.807) is 0 Å². The molecule has 4 heteroatoms. The first-order valence-corrected chi connectivity index (χ1v) is 8.51. The van der Waals surface area contributed by atoms with Crippen molar-refractivity contribution in [1.82, 2.24) is 10.2 Å². The van der Waals surface area contributed by atoms with Crippen LogP contribution in [0.4, 0.5) is 0 Å². The van der Waals surface area contributed by atoms with Crippen molar-refractivity contribution in [2.24, 2.45) is 0 Å². The maximum Gasteiger partial charge on any atom is 0.122 e. The minimum Gasteiger partial charge on any atom is -0.492 e. The monoisotopic (exact) mass is 326 g/mol. The molecule has 24 heavy (non-hydrogen) atoms. The molecule has 3 rings (SSSR count). The van der Waals surface area contributed by atoms with Crippen molar-refractivity contribution < 1.29 is 9.47 Å². The number of likely N-dealkylation sites (N-methyl/N-ethyl adjacent to an activating group) is 1.